The maximum Gasteiger partial charge on any atom is 0.137 e. The molecule has 2 rings (SSSR count). The molecule has 1 heterocycles. The maximum atomic E-state index is 10.8. The van der Waals surface area contributed by atoms with Crippen LogP contribution in [0.3, 0.4) is 0 Å². The highest BCUT2D eigenvalue weighted by Gasteiger charge is 2.56. The summed E-state index contributed by atoms with van der Waals surface area (Å²) in [5.41, 5.74) is -1.06. The molecule has 0 saturated heterocycles. The van der Waals surface area contributed by atoms with E-state index in [9.17, 15) is 5.11 Å². The van der Waals surface area contributed by atoms with Crippen LogP contribution in [0.25, 0.3) is 0 Å². The summed E-state index contributed by atoms with van der Waals surface area (Å²) in [6.07, 6.45) is 8.55. The number of allylic oxidation sites excluding steroid dienone is 1. The highest BCUT2D eigenvalue weighted by molar-refractivity contribution is 6.27. The van der Waals surface area contributed by atoms with E-state index in [0.29, 0.717) is 6.54 Å². The maximum absolute atomic E-state index is 10.8. The number of hydrogen-bond acceptors (Lipinski definition) is 3. The topological polar surface area (TPSA) is 50.9 Å². The van der Waals surface area contributed by atoms with Crippen molar-refractivity contribution in [2.75, 3.05) is 0 Å². The van der Waals surface area contributed by atoms with Gasteiger partial charge in [-0.15, -0.1) is 11.6 Å². The minimum Gasteiger partial charge on any atom is -0.382 e. The molecule has 1 atom stereocenters. The number of aromatic nitrogens is 3. The zero-order chi connectivity index (χ0) is 13.4. The van der Waals surface area contributed by atoms with Gasteiger partial charge in [-0.3, -0.25) is 0 Å². The van der Waals surface area contributed by atoms with Gasteiger partial charge < -0.3 is 5.11 Å². The van der Waals surface area contributed by atoms with E-state index in [2.05, 4.69) is 30.9 Å². The minimum absolute atomic E-state index is 0.0124. The van der Waals surface area contributed by atoms with Crippen molar-refractivity contribution in [2.45, 2.75) is 50.6 Å². The van der Waals surface area contributed by atoms with Gasteiger partial charge in [0.15, 0.2) is 0 Å². The molecule has 0 aromatic carbocycles. The van der Waals surface area contributed by atoms with Crippen LogP contribution in [-0.4, -0.2) is 30.3 Å². The Bertz CT molecular complexity index is 432. The third kappa shape index (κ3) is 2.93. The number of aliphatic hydroxyl groups is 1. The SMILES string of the molecule is CC(C)(C)C=CC(O)(Cn1cncn1)C1(Cl)CC1. The summed E-state index contributed by atoms with van der Waals surface area (Å²) in [7, 11) is 0. The molecule has 0 spiro atoms. The molecular weight excluding hydrogens is 250 g/mol. The summed E-state index contributed by atoms with van der Waals surface area (Å²) >= 11 is 6.43. The highest BCUT2D eigenvalue weighted by Crippen LogP contribution is 2.52. The van der Waals surface area contributed by atoms with Crippen molar-refractivity contribution in [1.29, 1.82) is 0 Å². The first-order valence-electron chi connectivity index (χ1n) is 6.18. The standard InChI is InChI=1S/C13H20ClN3O/c1-11(2,3)4-7-13(18,12(14)5-6-12)8-17-10-15-9-16-17/h4,7,9-10,18H,5-6,8H2,1-3H3. The van der Waals surface area contributed by atoms with E-state index in [1.807, 2.05) is 12.2 Å². The Balaban J connectivity index is 2.21. The van der Waals surface area contributed by atoms with Gasteiger partial charge in [0.05, 0.1) is 11.4 Å². The molecule has 1 aliphatic rings. The first-order valence-corrected chi connectivity index (χ1v) is 6.56. The third-order valence-electron chi connectivity index (χ3n) is 3.19. The Hall–Kier alpha value is -0.870. The molecule has 5 heteroatoms. The predicted molar refractivity (Wildman–Crippen MR) is 71.4 cm³/mol. The highest BCUT2D eigenvalue weighted by atomic mass is 35.5. The van der Waals surface area contributed by atoms with E-state index in [1.165, 1.54) is 6.33 Å². The largest absolute Gasteiger partial charge is 0.382 e. The van der Waals surface area contributed by atoms with Crippen molar-refractivity contribution in [3.63, 3.8) is 0 Å². The van der Waals surface area contributed by atoms with Crippen molar-refractivity contribution in [3.8, 4) is 0 Å². The average Bonchev–Trinajstić information content (AvgIpc) is 2.82. The molecule has 1 unspecified atom stereocenters. The molecule has 0 radical (unpaired) electrons. The van der Waals surface area contributed by atoms with Gasteiger partial charge in [0.1, 0.15) is 18.3 Å². The molecular formula is C13H20ClN3O. The Morgan fingerprint density at radius 2 is 2.06 bits per heavy atom. The zero-order valence-corrected chi connectivity index (χ0v) is 11.9. The lowest BCUT2D eigenvalue weighted by molar-refractivity contribution is 0.0547. The van der Waals surface area contributed by atoms with E-state index in [4.69, 9.17) is 11.6 Å². The van der Waals surface area contributed by atoms with Crippen molar-refractivity contribution in [3.05, 3.63) is 24.8 Å². The number of hydrogen-bond donors (Lipinski definition) is 1. The molecule has 0 bridgehead atoms. The lowest BCUT2D eigenvalue weighted by Gasteiger charge is -2.30. The van der Waals surface area contributed by atoms with E-state index in [0.717, 1.165) is 12.8 Å². The molecule has 0 aliphatic heterocycles. The first-order chi connectivity index (χ1) is 8.24. The molecule has 1 aromatic heterocycles. The summed E-state index contributed by atoms with van der Waals surface area (Å²) < 4.78 is 1.62. The monoisotopic (exact) mass is 269 g/mol. The van der Waals surface area contributed by atoms with Crippen LogP contribution in [0.2, 0.25) is 0 Å². The van der Waals surface area contributed by atoms with Gasteiger partial charge in [0, 0.05) is 0 Å². The molecule has 0 amide bonds. The normalized spacial score (nSPS) is 22.1. The van der Waals surface area contributed by atoms with E-state index in [-0.39, 0.29) is 5.41 Å². The summed E-state index contributed by atoms with van der Waals surface area (Å²) in [6, 6.07) is 0. The first kappa shape index (κ1) is 13.6. The van der Waals surface area contributed by atoms with Gasteiger partial charge in [0.25, 0.3) is 0 Å². The predicted octanol–water partition coefficient (Wildman–Crippen LogP) is 2.38. The summed E-state index contributed by atoms with van der Waals surface area (Å²) in [6.45, 7) is 6.61. The molecule has 18 heavy (non-hydrogen) atoms. The van der Waals surface area contributed by atoms with Gasteiger partial charge in [-0.05, 0) is 18.3 Å². The molecule has 4 nitrogen and oxygen atoms in total. The number of halogens is 1. The van der Waals surface area contributed by atoms with Crippen LogP contribution in [-0.2, 0) is 6.54 Å². The molecule has 1 saturated carbocycles. The Kier molecular flexibility index (Phi) is 3.28. The lowest BCUT2D eigenvalue weighted by Crippen LogP contribution is -2.43. The molecule has 1 fully saturated rings. The van der Waals surface area contributed by atoms with E-state index < -0.39 is 10.5 Å². The van der Waals surface area contributed by atoms with Crippen molar-refractivity contribution in [1.82, 2.24) is 14.8 Å². The number of rotatable bonds is 4. The van der Waals surface area contributed by atoms with E-state index in [1.54, 1.807) is 11.0 Å². The fourth-order valence-corrected chi connectivity index (χ4v) is 2.05. The van der Waals surface area contributed by atoms with Crippen LogP contribution < -0.4 is 0 Å². The van der Waals surface area contributed by atoms with Crippen molar-refractivity contribution < 1.29 is 5.11 Å². The summed E-state index contributed by atoms with van der Waals surface area (Å²) in [4.78, 5) is 3.34. The van der Waals surface area contributed by atoms with Crippen LogP contribution >= 0.6 is 11.6 Å². The zero-order valence-electron chi connectivity index (χ0n) is 11.1. The molecule has 100 valence electrons. The Morgan fingerprint density at radius 3 is 2.50 bits per heavy atom. The van der Waals surface area contributed by atoms with Gasteiger partial charge >= 0.3 is 0 Å². The van der Waals surface area contributed by atoms with Gasteiger partial charge in [-0.1, -0.05) is 32.9 Å². The van der Waals surface area contributed by atoms with Crippen LogP contribution in [0.5, 0.6) is 0 Å². The summed E-state index contributed by atoms with van der Waals surface area (Å²) in [5, 5.41) is 14.9. The third-order valence-corrected chi connectivity index (χ3v) is 3.90. The molecule has 1 aromatic rings. The molecule has 1 N–H and O–H groups in total. The van der Waals surface area contributed by atoms with Gasteiger partial charge in [0.2, 0.25) is 0 Å². The van der Waals surface area contributed by atoms with Crippen LogP contribution in [0.1, 0.15) is 33.6 Å². The molecule has 1 aliphatic carbocycles. The second-order valence-corrected chi connectivity index (χ2v) is 6.91. The second kappa shape index (κ2) is 4.35. The summed E-state index contributed by atoms with van der Waals surface area (Å²) in [5.74, 6) is 0. The van der Waals surface area contributed by atoms with Gasteiger partial charge in [-0.25, -0.2) is 9.67 Å². The van der Waals surface area contributed by atoms with Crippen molar-refractivity contribution >= 4 is 11.6 Å². The number of alkyl halides is 1. The lowest BCUT2D eigenvalue weighted by atomic mass is 9.89. The minimum atomic E-state index is -1.07. The number of nitrogens with zero attached hydrogens (tertiary/aromatic N) is 3. The van der Waals surface area contributed by atoms with Crippen LogP contribution in [0.15, 0.2) is 24.8 Å². The fourth-order valence-electron chi connectivity index (χ4n) is 1.84. The van der Waals surface area contributed by atoms with Crippen LogP contribution in [0, 0.1) is 5.41 Å². The van der Waals surface area contributed by atoms with E-state index >= 15 is 0 Å². The fraction of sp³-hybridized carbons (Fsp3) is 0.692. The quantitative estimate of drug-likeness (QED) is 0.674. The average molecular weight is 270 g/mol. The van der Waals surface area contributed by atoms with Gasteiger partial charge in [-0.2, -0.15) is 5.10 Å². The van der Waals surface area contributed by atoms with Crippen molar-refractivity contribution in [2.24, 2.45) is 5.41 Å². The van der Waals surface area contributed by atoms with Crippen LogP contribution in [0.4, 0.5) is 0 Å². The Labute approximate surface area is 113 Å². The smallest absolute Gasteiger partial charge is 0.137 e. The Morgan fingerprint density at radius 1 is 1.39 bits per heavy atom. The second-order valence-electron chi connectivity index (χ2n) is 6.18.